The summed E-state index contributed by atoms with van der Waals surface area (Å²) in [5.41, 5.74) is 0.522. The predicted molar refractivity (Wildman–Crippen MR) is 88.0 cm³/mol. The molecule has 0 spiro atoms. The van der Waals surface area contributed by atoms with E-state index < -0.39 is 12.1 Å². The maximum absolute atomic E-state index is 12.3. The van der Waals surface area contributed by atoms with Crippen LogP contribution in [0, 0.1) is 6.92 Å². The molecule has 0 radical (unpaired) electrons. The number of aromatic nitrogens is 1. The summed E-state index contributed by atoms with van der Waals surface area (Å²) in [6.45, 7) is 3.55. The quantitative estimate of drug-likeness (QED) is 0.822. The highest BCUT2D eigenvalue weighted by Crippen LogP contribution is 2.24. The van der Waals surface area contributed by atoms with Crippen LogP contribution < -0.4 is 10.1 Å². The first kappa shape index (κ1) is 17.0. The zero-order valence-electron chi connectivity index (χ0n) is 13.2. The first-order chi connectivity index (χ1) is 11.0. The fourth-order valence-electron chi connectivity index (χ4n) is 1.90. The van der Waals surface area contributed by atoms with Crippen molar-refractivity contribution >= 4 is 28.3 Å². The standard InChI is InChI=1S/C16H18N2O4S/c1-4-12(22-11-8-6-5-7-9-11)14(19)18-16-17-10(2)13(23-16)15(20)21-3/h5-9,12H,4H2,1-3H3,(H,17,18,19). The van der Waals surface area contributed by atoms with Crippen LogP contribution in [0.25, 0.3) is 0 Å². The Morgan fingerprint density at radius 1 is 1.30 bits per heavy atom. The minimum atomic E-state index is -0.636. The topological polar surface area (TPSA) is 77.5 Å². The third-order valence-corrected chi connectivity index (χ3v) is 4.14. The highest BCUT2D eigenvalue weighted by molar-refractivity contribution is 7.17. The summed E-state index contributed by atoms with van der Waals surface area (Å²) < 4.78 is 10.4. The lowest BCUT2D eigenvalue weighted by molar-refractivity contribution is -0.122. The summed E-state index contributed by atoms with van der Waals surface area (Å²) in [5, 5.41) is 3.04. The Labute approximate surface area is 138 Å². The van der Waals surface area contributed by atoms with E-state index in [1.54, 1.807) is 19.1 Å². The number of carbonyl (C=O) groups excluding carboxylic acids is 2. The van der Waals surface area contributed by atoms with Crippen LogP contribution in [0.2, 0.25) is 0 Å². The number of anilines is 1. The average molecular weight is 334 g/mol. The molecule has 1 heterocycles. The number of esters is 1. The van der Waals surface area contributed by atoms with Crippen LogP contribution >= 0.6 is 11.3 Å². The number of ether oxygens (including phenoxy) is 2. The molecule has 1 aromatic heterocycles. The molecule has 6 nitrogen and oxygen atoms in total. The van der Waals surface area contributed by atoms with Crippen molar-refractivity contribution in [3.8, 4) is 5.75 Å². The van der Waals surface area contributed by atoms with Crippen molar-refractivity contribution < 1.29 is 19.1 Å². The molecule has 2 aromatic rings. The van der Waals surface area contributed by atoms with Gasteiger partial charge in [-0.05, 0) is 25.5 Å². The number of rotatable bonds is 6. The van der Waals surface area contributed by atoms with Crippen LogP contribution in [0.3, 0.4) is 0 Å². The summed E-state index contributed by atoms with van der Waals surface area (Å²) in [7, 11) is 1.31. The molecule has 0 aliphatic rings. The van der Waals surface area contributed by atoms with E-state index in [0.717, 1.165) is 11.3 Å². The van der Waals surface area contributed by atoms with E-state index in [9.17, 15) is 9.59 Å². The Morgan fingerprint density at radius 3 is 2.61 bits per heavy atom. The molecular weight excluding hydrogens is 316 g/mol. The molecule has 0 aliphatic heterocycles. The van der Waals surface area contributed by atoms with Crippen LogP contribution in [0.5, 0.6) is 5.75 Å². The van der Waals surface area contributed by atoms with E-state index >= 15 is 0 Å². The minimum Gasteiger partial charge on any atom is -0.481 e. The van der Waals surface area contributed by atoms with Crippen molar-refractivity contribution in [1.82, 2.24) is 4.98 Å². The van der Waals surface area contributed by atoms with Gasteiger partial charge < -0.3 is 9.47 Å². The molecule has 2 rings (SSSR count). The molecule has 1 unspecified atom stereocenters. The van der Waals surface area contributed by atoms with Gasteiger partial charge in [0, 0.05) is 0 Å². The van der Waals surface area contributed by atoms with Gasteiger partial charge in [0.2, 0.25) is 0 Å². The van der Waals surface area contributed by atoms with Gasteiger partial charge in [-0.3, -0.25) is 10.1 Å². The molecule has 0 saturated carbocycles. The summed E-state index contributed by atoms with van der Waals surface area (Å²) >= 11 is 1.08. The maximum Gasteiger partial charge on any atom is 0.350 e. The Balaban J connectivity index is 2.06. The molecule has 0 bridgehead atoms. The van der Waals surface area contributed by atoms with Crippen molar-refractivity contribution in [3.05, 3.63) is 40.9 Å². The number of benzene rings is 1. The SMILES string of the molecule is CCC(Oc1ccccc1)C(=O)Nc1nc(C)c(C(=O)OC)s1. The number of aryl methyl sites for hydroxylation is 1. The molecule has 0 saturated heterocycles. The predicted octanol–water partition coefficient (Wildman–Crippen LogP) is 3.03. The fraction of sp³-hybridized carbons (Fsp3) is 0.312. The number of nitrogens with one attached hydrogen (secondary N) is 1. The van der Waals surface area contributed by atoms with Gasteiger partial charge in [0.1, 0.15) is 10.6 Å². The lowest BCUT2D eigenvalue weighted by Crippen LogP contribution is -2.32. The van der Waals surface area contributed by atoms with E-state index in [-0.39, 0.29) is 5.91 Å². The molecule has 1 aromatic carbocycles. The fourth-order valence-corrected chi connectivity index (χ4v) is 2.79. The van der Waals surface area contributed by atoms with Crippen LogP contribution in [-0.4, -0.2) is 30.1 Å². The van der Waals surface area contributed by atoms with Crippen molar-refractivity contribution in [3.63, 3.8) is 0 Å². The first-order valence-corrected chi connectivity index (χ1v) is 7.95. The molecule has 1 atom stereocenters. The lowest BCUT2D eigenvalue weighted by Gasteiger charge is -2.16. The normalized spacial score (nSPS) is 11.6. The van der Waals surface area contributed by atoms with E-state index in [4.69, 9.17) is 4.74 Å². The second-order valence-corrected chi connectivity index (χ2v) is 5.74. The third-order valence-electron chi connectivity index (χ3n) is 3.08. The smallest absolute Gasteiger partial charge is 0.350 e. The van der Waals surface area contributed by atoms with Gasteiger partial charge in [0.05, 0.1) is 12.8 Å². The monoisotopic (exact) mass is 334 g/mol. The second-order valence-electron chi connectivity index (χ2n) is 4.74. The average Bonchev–Trinajstić information content (AvgIpc) is 2.93. The molecule has 122 valence electrons. The molecule has 1 N–H and O–H groups in total. The number of nitrogens with zero attached hydrogens (tertiary/aromatic N) is 1. The minimum absolute atomic E-state index is 0.304. The first-order valence-electron chi connectivity index (χ1n) is 7.13. The highest BCUT2D eigenvalue weighted by atomic mass is 32.1. The lowest BCUT2D eigenvalue weighted by atomic mass is 10.2. The van der Waals surface area contributed by atoms with Crippen molar-refractivity contribution in [1.29, 1.82) is 0 Å². The van der Waals surface area contributed by atoms with Crippen LogP contribution in [0.4, 0.5) is 5.13 Å². The van der Waals surface area contributed by atoms with Gasteiger partial charge in [0.25, 0.3) is 5.91 Å². The second kappa shape index (κ2) is 7.73. The Kier molecular flexibility index (Phi) is 5.70. The van der Waals surface area contributed by atoms with Crippen molar-refractivity contribution in [2.24, 2.45) is 0 Å². The number of carbonyl (C=O) groups is 2. The number of thiazole rings is 1. The number of hydrogen-bond acceptors (Lipinski definition) is 6. The Morgan fingerprint density at radius 2 is 2.00 bits per heavy atom. The van der Waals surface area contributed by atoms with Gasteiger partial charge in [-0.25, -0.2) is 9.78 Å². The van der Waals surface area contributed by atoms with E-state index in [2.05, 4.69) is 15.0 Å². The Hall–Kier alpha value is -2.41. The van der Waals surface area contributed by atoms with Crippen molar-refractivity contribution in [2.75, 3.05) is 12.4 Å². The Bertz CT molecular complexity index is 685. The van der Waals surface area contributed by atoms with Gasteiger partial charge in [0.15, 0.2) is 11.2 Å². The molecule has 23 heavy (non-hydrogen) atoms. The number of amides is 1. The van der Waals surface area contributed by atoms with Gasteiger partial charge >= 0.3 is 5.97 Å². The van der Waals surface area contributed by atoms with Gasteiger partial charge in [-0.15, -0.1) is 0 Å². The zero-order valence-corrected chi connectivity index (χ0v) is 14.0. The van der Waals surface area contributed by atoms with Crippen molar-refractivity contribution in [2.45, 2.75) is 26.4 Å². The van der Waals surface area contributed by atoms with Crippen LogP contribution in [-0.2, 0) is 9.53 Å². The summed E-state index contributed by atoms with van der Waals surface area (Å²) in [6, 6.07) is 9.14. The highest BCUT2D eigenvalue weighted by Gasteiger charge is 2.22. The molecule has 7 heteroatoms. The van der Waals surface area contributed by atoms with E-state index in [0.29, 0.717) is 27.9 Å². The molecule has 0 fully saturated rings. The number of methoxy groups -OCH3 is 1. The van der Waals surface area contributed by atoms with Gasteiger partial charge in [-0.1, -0.05) is 36.5 Å². The van der Waals surface area contributed by atoms with Crippen LogP contribution in [0.1, 0.15) is 28.7 Å². The summed E-state index contributed by atoms with van der Waals surface area (Å²) in [5.74, 6) is -0.144. The molecular formula is C16H18N2O4S. The summed E-state index contributed by atoms with van der Waals surface area (Å²) in [4.78, 5) is 28.4. The third kappa shape index (κ3) is 4.29. The summed E-state index contributed by atoms with van der Waals surface area (Å²) in [6.07, 6.45) is -0.127. The molecule has 1 amide bonds. The van der Waals surface area contributed by atoms with E-state index in [1.807, 2.05) is 25.1 Å². The largest absolute Gasteiger partial charge is 0.481 e. The van der Waals surface area contributed by atoms with Gasteiger partial charge in [-0.2, -0.15) is 0 Å². The zero-order chi connectivity index (χ0) is 16.8. The van der Waals surface area contributed by atoms with E-state index in [1.165, 1.54) is 7.11 Å². The maximum atomic E-state index is 12.3. The molecule has 0 aliphatic carbocycles. The number of para-hydroxylation sites is 1. The number of hydrogen-bond donors (Lipinski definition) is 1. The van der Waals surface area contributed by atoms with Crippen LogP contribution in [0.15, 0.2) is 30.3 Å².